The number of benzene rings is 9. The number of rotatable bonds is 6. The summed E-state index contributed by atoms with van der Waals surface area (Å²) < 4.78 is 63.7. The van der Waals surface area contributed by atoms with Crippen LogP contribution in [-0.2, 0) is 0 Å². The van der Waals surface area contributed by atoms with Crippen molar-refractivity contribution in [3.05, 3.63) is 230 Å². The molecule has 0 atom stereocenters. The second-order valence-corrected chi connectivity index (χ2v) is 17.1. The molecule has 0 saturated heterocycles. The molecule has 13 aromatic rings. The van der Waals surface area contributed by atoms with Gasteiger partial charge < -0.3 is 9.13 Å². The highest BCUT2D eigenvalue weighted by Gasteiger charge is 2.23. The molecule has 0 fully saturated rings. The van der Waals surface area contributed by atoms with Crippen LogP contribution in [0, 0.1) is 23.3 Å². The number of fused-ring (bicyclic) bond motifs is 8. The highest BCUT2D eigenvalue weighted by atomic mass is 19.1. The fourth-order valence-electron chi connectivity index (χ4n) is 10.2. The zero-order valence-electron chi connectivity index (χ0n) is 35.9. The van der Waals surface area contributed by atoms with Gasteiger partial charge in [0.25, 0.3) is 0 Å². The van der Waals surface area contributed by atoms with Crippen LogP contribution in [0.15, 0.2) is 207 Å². The topological polar surface area (TPSA) is 35.6 Å². The predicted octanol–water partition coefficient (Wildman–Crippen LogP) is 16.2. The maximum atomic E-state index is 14.9. The molecule has 322 valence electrons. The van der Waals surface area contributed by atoms with Gasteiger partial charge in [0, 0.05) is 67.6 Å². The van der Waals surface area contributed by atoms with E-state index in [0.717, 1.165) is 99.8 Å². The highest BCUT2D eigenvalue weighted by Crippen LogP contribution is 2.46. The van der Waals surface area contributed by atoms with E-state index >= 15 is 0 Å². The minimum absolute atomic E-state index is 0.409. The van der Waals surface area contributed by atoms with Crippen LogP contribution in [-0.4, -0.2) is 19.1 Å². The third kappa shape index (κ3) is 6.29. The predicted molar refractivity (Wildman–Crippen MR) is 267 cm³/mol. The Hall–Kier alpha value is -8.88. The highest BCUT2D eigenvalue weighted by molar-refractivity contribution is 6.22. The van der Waals surface area contributed by atoms with Gasteiger partial charge in [-0.1, -0.05) is 84.9 Å². The van der Waals surface area contributed by atoms with E-state index in [1.807, 2.05) is 82.2 Å². The van der Waals surface area contributed by atoms with Crippen molar-refractivity contribution in [1.82, 2.24) is 19.1 Å². The summed E-state index contributed by atoms with van der Waals surface area (Å²) >= 11 is 0. The van der Waals surface area contributed by atoms with Gasteiger partial charge in [-0.25, -0.2) is 17.6 Å². The van der Waals surface area contributed by atoms with Crippen LogP contribution in [0.3, 0.4) is 0 Å². The average Bonchev–Trinajstić information content (AvgIpc) is 3.86. The van der Waals surface area contributed by atoms with Gasteiger partial charge in [0.2, 0.25) is 0 Å². The van der Waals surface area contributed by atoms with Gasteiger partial charge in [-0.2, -0.15) is 0 Å². The lowest BCUT2D eigenvalue weighted by Crippen LogP contribution is -1.99. The lowest BCUT2D eigenvalue weighted by Gasteiger charge is -2.20. The summed E-state index contributed by atoms with van der Waals surface area (Å²) in [6.45, 7) is 0. The molecule has 68 heavy (non-hydrogen) atoms. The fraction of sp³-hybridized carbons (Fsp3) is 0. The van der Waals surface area contributed by atoms with Gasteiger partial charge in [0.05, 0.1) is 33.5 Å². The zero-order valence-corrected chi connectivity index (χ0v) is 35.9. The lowest BCUT2D eigenvalue weighted by molar-refractivity contribution is 0.628. The van der Waals surface area contributed by atoms with E-state index in [2.05, 4.69) is 60.7 Å². The first kappa shape index (κ1) is 39.5. The lowest BCUT2D eigenvalue weighted by atomic mass is 9.87. The van der Waals surface area contributed by atoms with Gasteiger partial charge in [0.1, 0.15) is 23.3 Å². The largest absolute Gasteiger partial charge is 0.309 e. The number of nitrogens with zero attached hydrogens (tertiary/aromatic N) is 4. The third-order valence-electron chi connectivity index (χ3n) is 13.2. The van der Waals surface area contributed by atoms with Crippen LogP contribution in [0.2, 0.25) is 0 Å². The molecule has 4 nitrogen and oxygen atoms in total. The molecule has 0 aliphatic heterocycles. The van der Waals surface area contributed by atoms with Crippen LogP contribution in [0.25, 0.3) is 121 Å². The van der Waals surface area contributed by atoms with Crippen LogP contribution in [0.1, 0.15) is 0 Å². The van der Waals surface area contributed by atoms with Crippen molar-refractivity contribution in [3.63, 3.8) is 0 Å². The van der Waals surface area contributed by atoms with Gasteiger partial charge in [0.15, 0.2) is 0 Å². The number of hydrogen-bond donors (Lipinski definition) is 0. The molecule has 0 amide bonds. The van der Waals surface area contributed by atoms with E-state index in [1.54, 1.807) is 24.3 Å². The first-order chi connectivity index (χ1) is 33.3. The summed E-state index contributed by atoms with van der Waals surface area (Å²) in [7, 11) is 0. The smallest absolute Gasteiger partial charge is 0.123 e. The molecule has 4 aromatic heterocycles. The van der Waals surface area contributed by atoms with Gasteiger partial charge in [-0.05, 0) is 142 Å². The first-order valence-electron chi connectivity index (χ1n) is 22.2. The molecule has 13 rings (SSSR count). The molecule has 0 unspecified atom stereocenters. The monoisotopic (exact) mass is 886 g/mol. The van der Waals surface area contributed by atoms with Gasteiger partial charge in [-0.3, -0.25) is 9.97 Å². The maximum absolute atomic E-state index is 14.9. The Morgan fingerprint density at radius 1 is 0.279 bits per heavy atom. The summed E-state index contributed by atoms with van der Waals surface area (Å²) in [4.78, 5) is 10.3. The van der Waals surface area contributed by atoms with Gasteiger partial charge >= 0.3 is 0 Å². The molecule has 0 N–H and O–H groups in total. The molecule has 0 aliphatic rings. The van der Waals surface area contributed by atoms with Crippen molar-refractivity contribution in [2.24, 2.45) is 0 Å². The minimum atomic E-state index is -0.409. The molecule has 4 heterocycles. The van der Waals surface area contributed by atoms with E-state index in [1.165, 1.54) is 48.5 Å². The molecule has 0 spiro atoms. The number of hydrogen-bond acceptors (Lipinski definition) is 2. The van der Waals surface area contributed by atoms with E-state index in [-0.39, 0.29) is 0 Å². The Labute approximate surface area is 386 Å². The normalized spacial score (nSPS) is 11.8. The van der Waals surface area contributed by atoms with Gasteiger partial charge in [-0.15, -0.1) is 0 Å². The Kier molecular flexibility index (Phi) is 8.92. The third-order valence-corrected chi connectivity index (χ3v) is 13.2. The van der Waals surface area contributed by atoms with Crippen molar-refractivity contribution < 1.29 is 17.6 Å². The number of pyridine rings is 2. The van der Waals surface area contributed by atoms with Crippen molar-refractivity contribution in [2.45, 2.75) is 0 Å². The molecule has 0 bridgehead atoms. The molecule has 0 radical (unpaired) electrons. The summed E-state index contributed by atoms with van der Waals surface area (Å²) in [6, 6.07) is 59.5. The molecular formula is C60H34F4N4. The van der Waals surface area contributed by atoms with Crippen LogP contribution >= 0.6 is 0 Å². The Bertz CT molecular complexity index is 3770. The first-order valence-corrected chi connectivity index (χ1v) is 22.2. The summed E-state index contributed by atoms with van der Waals surface area (Å²) in [5, 5.41) is 5.96. The van der Waals surface area contributed by atoms with Crippen molar-refractivity contribution in [1.29, 1.82) is 0 Å². The number of aromatic nitrogens is 4. The SMILES string of the molecule is Fc1ccc2c(c1)c1cc(F)ccc1n2-c1ccc2c(-c3ccc(-c4ccccc4)cn3)c3cc(-n4c5ccc(F)cc5c5cc(F)ccc54)ccc3c(-c3ccc(-c4ccccc4)cn3)c2c1. The summed E-state index contributed by atoms with van der Waals surface area (Å²) in [5.74, 6) is -1.64. The fourth-order valence-corrected chi connectivity index (χ4v) is 10.2. The molecule has 8 heteroatoms. The molecule has 0 aliphatic carbocycles. The van der Waals surface area contributed by atoms with Crippen LogP contribution < -0.4 is 0 Å². The Morgan fingerprint density at radius 3 is 0.956 bits per heavy atom. The molecule has 0 saturated carbocycles. The number of halogens is 4. The summed E-state index contributed by atoms with van der Waals surface area (Å²) in [6.07, 6.45) is 3.79. The quantitative estimate of drug-likeness (QED) is 0.123. The Morgan fingerprint density at radius 2 is 0.632 bits per heavy atom. The average molecular weight is 887 g/mol. The van der Waals surface area contributed by atoms with E-state index in [4.69, 9.17) is 9.97 Å². The van der Waals surface area contributed by atoms with Crippen LogP contribution in [0.5, 0.6) is 0 Å². The maximum Gasteiger partial charge on any atom is 0.123 e. The van der Waals surface area contributed by atoms with E-state index < -0.39 is 23.3 Å². The van der Waals surface area contributed by atoms with Crippen molar-refractivity contribution in [2.75, 3.05) is 0 Å². The second-order valence-electron chi connectivity index (χ2n) is 17.1. The zero-order chi connectivity index (χ0) is 45.6. The van der Waals surface area contributed by atoms with E-state index in [9.17, 15) is 17.6 Å². The van der Waals surface area contributed by atoms with Crippen LogP contribution in [0.4, 0.5) is 17.6 Å². The molecular weight excluding hydrogens is 853 g/mol. The summed E-state index contributed by atoms with van der Waals surface area (Å²) in [5.41, 5.74) is 11.7. The minimum Gasteiger partial charge on any atom is -0.309 e. The second kappa shape index (κ2) is 15.4. The van der Waals surface area contributed by atoms with Crippen molar-refractivity contribution in [3.8, 4) is 56.1 Å². The standard InChI is InChI=1S/C60H34F4N4/c61-39-13-23-55-47(27-39)48-28-40(62)14-24-56(48)67(55)43-18-20-46-51(31-43)59(53-21-11-37(33-65-53)35-7-3-1-4-8-35)45-19-17-44(68-57-25-15-41(63)29-49(57)50-30-42(64)16-26-58(50)68)32-52(45)60(46)54-22-12-38(34-66-54)36-9-5-2-6-10-36/h1-34H. The van der Waals surface area contributed by atoms with Crippen molar-refractivity contribution >= 4 is 65.2 Å². The molecule has 9 aromatic carbocycles. The van der Waals surface area contributed by atoms with E-state index in [0.29, 0.717) is 21.5 Å². The Balaban J connectivity index is 1.14.